The number of aromatic nitrogens is 2. The summed E-state index contributed by atoms with van der Waals surface area (Å²) in [6.07, 6.45) is 3.12. The first-order chi connectivity index (χ1) is 9.72. The Balaban J connectivity index is 1.97. The van der Waals surface area contributed by atoms with E-state index in [2.05, 4.69) is 20.7 Å². The maximum absolute atomic E-state index is 11.9. The molecule has 0 unspecified atom stereocenters. The molecule has 4 N–H and O–H groups in total. The molecule has 1 amide bonds. The van der Waals surface area contributed by atoms with Crippen LogP contribution >= 0.6 is 0 Å². The summed E-state index contributed by atoms with van der Waals surface area (Å²) in [6.45, 7) is 0.371. The number of nitrogens with zero attached hydrogens (tertiary/aromatic N) is 2. The summed E-state index contributed by atoms with van der Waals surface area (Å²) in [5.41, 5.74) is 4.31. The van der Waals surface area contributed by atoms with Gasteiger partial charge in [0.15, 0.2) is 0 Å². The van der Waals surface area contributed by atoms with E-state index in [0.29, 0.717) is 23.8 Å². The topological polar surface area (TPSA) is 102 Å². The van der Waals surface area contributed by atoms with Crippen LogP contribution in [0.25, 0.3) is 0 Å². The van der Waals surface area contributed by atoms with Crippen LogP contribution in [0, 0.1) is 0 Å². The lowest BCUT2D eigenvalue weighted by atomic mass is 10.2. The van der Waals surface area contributed by atoms with E-state index < -0.39 is 0 Å². The third kappa shape index (κ3) is 3.42. The number of hydrogen-bond donors (Lipinski definition) is 3. The number of anilines is 1. The van der Waals surface area contributed by atoms with Crippen molar-refractivity contribution in [3.63, 3.8) is 0 Å². The van der Waals surface area contributed by atoms with Crippen LogP contribution in [-0.2, 0) is 6.54 Å². The highest BCUT2D eigenvalue weighted by Crippen LogP contribution is 2.09. The number of rotatable bonds is 5. The van der Waals surface area contributed by atoms with E-state index in [1.165, 1.54) is 6.20 Å². The third-order valence-electron chi connectivity index (χ3n) is 2.62. The van der Waals surface area contributed by atoms with Crippen molar-refractivity contribution in [3.05, 3.63) is 47.9 Å². The van der Waals surface area contributed by atoms with Gasteiger partial charge in [0.1, 0.15) is 5.69 Å². The van der Waals surface area contributed by atoms with Crippen molar-refractivity contribution in [1.29, 1.82) is 0 Å². The number of hydrogen-bond acceptors (Lipinski definition) is 6. The number of carbonyl (C=O) groups excluding carboxylic acids is 1. The van der Waals surface area contributed by atoms with E-state index >= 15 is 0 Å². The van der Waals surface area contributed by atoms with Crippen LogP contribution in [0.3, 0.4) is 0 Å². The molecule has 0 spiro atoms. The molecule has 0 saturated heterocycles. The first kappa shape index (κ1) is 13.8. The van der Waals surface area contributed by atoms with Crippen molar-refractivity contribution in [3.8, 4) is 5.88 Å². The van der Waals surface area contributed by atoms with Crippen molar-refractivity contribution in [2.75, 3.05) is 12.5 Å². The van der Waals surface area contributed by atoms with Crippen molar-refractivity contribution < 1.29 is 9.53 Å². The lowest BCUT2D eigenvalue weighted by Crippen LogP contribution is -2.23. The Kier molecular flexibility index (Phi) is 4.46. The van der Waals surface area contributed by atoms with E-state index in [4.69, 9.17) is 10.6 Å². The van der Waals surface area contributed by atoms with Gasteiger partial charge >= 0.3 is 0 Å². The van der Waals surface area contributed by atoms with E-state index in [9.17, 15) is 4.79 Å². The summed E-state index contributed by atoms with van der Waals surface area (Å²) in [6, 6.07) is 6.84. The number of pyridine rings is 2. The lowest BCUT2D eigenvalue weighted by molar-refractivity contribution is 0.0946. The number of ether oxygens (including phenoxy) is 1. The Hall–Kier alpha value is -2.67. The Bertz CT molecular complexity index is 586. The number of carbonyl (C=O) groups is 1. The Labute approximate surface area is 116 Å². The molecule has 7 heteroatoms. The zero-order chi connectivity index (χ0) is 14.4. The van der Waals surface area contributed by atoms with Crippen LogP contribution in [0.5, 0.6) is 5.88 Å². The molecule has 104 valence electrons. The molecular weight excluding hydrogens is 258 g/mol. The van der Waals surface area contributed by atoms with E-state index in [1.807, 2.05) is 0 Å². The van der Waals surface area contributed by atoms with E-state index in [0.717, 1.165) is 5.56 Å². The first-order valence-electron chi connectivity index (χ1n) is 5.92. The minimum atomic E-state index is -0.260. The fourth-order valence-electron chi connectivity index (χ4n) is 1.56. The van der Waals surface area contributed by atoms with E-state index in [1.54, 1.807) is 37.6 Å². The van der Waals surface area contributed by atoms with Gasteiger partial charge in [0.05, 0.1) is 19.0 Å². The van der Waals surface area contributed by atoms with Crippen molar-refractivity contribution in [2.24, 2.45) is 5.84 Å². The molecule has 7 nitrogen and oxygen atoms in total. The maximum atomic E-state index is 11.9. The van der Waals surface area contributed by atoms with E-state index in [-0.39, 0.29) is 5.91 Å². The van der Waals surface area contributed by atoms with Gasteiger partial charge in [-0.2, -0.15) is 0 Å². The van der Waals surface area contributed by atoms with Crippen molar-refractivity contribution in [1.82, 2.24) is 15.3 Å². The number of nitrogen functional groups attached to an aromatic ring is 1. The Morgan fingerprint density at radius 1 is 1.35 bits per heavy atom. The molecule has 0 fully saturated rings. The molecule has 0 atom stereocenters. The SMILES string of the molecule is COc1cc(CNC(=O)c2ccc(NN)cn2)ccn1. The van der Waals surface area contributed by atoms with Crippen LogP contribution in [0.1, 0.15) is 16.1 Å². The molecule has 2 aromatic rings. The predicted octanol–water partition coefficient (Wildman–Crippen LogP) is 0.701. The normalized spacial score (nSPS) is 9.90. The van der Waals surface area contributed by atoms with Gasteiger partial charge in [-0.25, -0.2) is 9.97 Å². The predicted molar refractivity (Wildman–Crippen MR) is 74.0 cm³/mol. The van der Waals surface area contributed by atoms with Crippen LogP contribution < -0.4 is 21.3 Å². The second-order valence-corrected chi connectivity index (χ2v) is 3.97. The van der Waals surface area contributed by atoms with Crippen LogP contribution in [0.2, 0.25) is 0 Å². The lowest BCUT2D eigenvalue weighted by Gasteiger charge is -2.06. The fraction of sp³-hybridized carbons (Fsp3) is 0.154. The molecule has 0 aliphatic heterocycles. The third-order valence-corrected chi connectivity index (χ3v) is 2.62. The zero-order valence-electron chi connectivity index (χ0n) is 11.0. The molecule has 0 radical (unpaired) electrons. The molecule has 2 rings (SSSR count). The smallest absolute Gasteiger partial charge is 0.270 e. The molecule has 0 bridgehead atoms. The molecular formula is C13H15N5O2. The summed E-state index contributed by atoms with van der Waals surface area (Å²) in [4.78, 5) is 19.9. The Morgan fingerprint density at radius 3 is 2.85 bits per heavy atom. The van der Waals surface area contributed by atoms with Gasteiger partial charge < -0.3 is 15.5 Å². The van der Waals surface area contributed by atoms with Gasteiger partial charge in [-0.15, -0.1) is 0 Å². The Morgan fingerprint density at radius 2 is 2.20 bits per heavy atom. The van der Waals surface area contributed by atoms with Gasteiger partial charge in [-0.05, 0) is 23.8 Å². The summed E-state index contributed by atoms with van der Waals surface area (Å²) in [7, 11) is 1.54. The first-order valence-corrected chi connectivity index (χ1v) is 5.92. The second kappa shape index (κ2) is 6.48. The zero-order valence-corrected chi connectivity index (χ0v) is 11.0. The average Bonchev–Trinajstić information content (AvgIpc) is 2.53. The average molecular weight is 273 g/mol. The van der Waals surface area contributed by atoms with Gasteiger partial charge in [-0.1, -0.05) is 0 Å². The molecule has 2 aromatic heterocycles. The fourth-order valence-corrected chi connectivity index (χ4v) is 1.56. The van der Waals surface area contributed by atoms with Gasteiger partial charge in [0, 0.05) is 18.8 Å². The monoisotopic (exact) mass is 273 g/mol. The highest BCUT2D eigenvalue weighted by Gasteiger charge is 2.07. The number of methoxy groups -OCH3 is 1. The highest BCUT2D eigenvalue weighted by molar-refractivity contribution is 5.92. The van der Waals surface area contributed by atoms with Gasteiger partial charge in [0.2, 0.25) is 5.88 Å². The minimum Gasteiger partial charge on any atom is -0.481 e. The van der Waals surface area contributed by atoms with Crippen LogP contribution in [0.15, 0.2) is 36.7 Å². The van der Waals surface area contributed by atoms with Gasteiger partial charge in [-0.3, -0.25) is 10.6 Å². The van der Waals surface area contributed by atoms with Crippen molar-refractivity contribution in [2.45, 2.75) is 6.54 Å². The summed E-state index contributed by atoms with van der Waals surface area (Å²) < 4.78 is 5.02. The summed E-state index contributed by atoms with van der Waals surface area (Å²) in [5.74, 6) is 5.48. The summed E-state index contributed by atoms with van der Waals surface area (Å²) in [5, 5.41) is 2.77. The standard InChI is InChI=1S/C13H15N5O2/c1-20-12-6-9(4-5-15-12)7-17-13(19)11-3-2-10(18-14)8-16-11/h2-6,8,18H,7,14H2,1H3,(H,17,19). The number of hydrazine groups is 1. The van der Waals surface area contributed by atoms with Crippen molar-refractivity contribution >= 4 is 11.6 Å². The molecule has 0 aliphatic rings. The van der Waals surface area contributed by atoms with Crippen LogP contribution in [-0.4, -0.2) is 23.0 Å². The maximum Gasteiger partial charge on any atom is 0.270 e. The number of nitrogens with two attached hydrogens (primary N) is 1. The minimum absolute atomic E-state index is 0.260. The molecule has 0 saturated carbocycles. The number of amides is 1. The quantitative estimate of drug-likeness (QED) is 0.547. The second-order valence-electron chi connectivity index (χ2n) is 3.97. The summed E-state index contributed by atoms with van der Waals surface area (Å²) >= 11 is 0. The highest BCUT2D eigenvalue weighted by atomic mass is 16.5. The van der Waals surface area contributed by atoms with Crippen LogP contribution in [0.4, 0.5) is 5.69 Å². The molecule has 0 aliphatic carbocycles. The molecule has 2 heterocycles. The molecule has 0 aromatic carbocycles. The largest absolute Gasteiger partial charge is 0.481 e. The number of nitrogens with one attached hydrogen (secondary N) is 2. The van der Waals surface area contributed by atoms with Gasteiger partial charge in [0.25, 0.3) is 5.91 Å². The molecule has 20 heavy (non-hydrogen) atoms.